The molecule has 0 aliphatic rings. The van der Waals surface area contributed by atoms with E-state index in [1.165, 1.54) is 6.92 Å². The predicted molar refractivity (Wildman–Crippen MR) is 68.9 cm³/mol. The highest BCUT2D eigenvalue weighted by atomic mass is 79.9. The zero-order chi connectivity index (χ0) is 17.8. The maximum absolute atomic E-state index is 12.9. The van der Waals surface area contributed by atoms with Gasteiger partial charge in [-0.1, -0.05) is 15.9 Å². The Labute approximate surface area is 134 Å². The SMILES string of the molecule is CCOC(=O)Cc1nc(CBr)c(C(F)(F)F)cc1OC(F)(F)F. The molecule has 0 unspecified atom stereocenters. The van der Waals surface area contributed by atoms with Gasteiger partial charge >= 0.3 is 18.5 Å². The van der Waals surface area contributed by atoms with Crippen LogP contribution in [0.15, 0.2) is 6.07 Å². The number of halogens is 7. The van der Waals surface area contributed by atoms with Gasteiger partial charge in [0.25, 0.3) is 0 Å². The van der Waals surface area contributed by atoms with Crippen LogP contribution in [0.4, 0.5) is 26.3 Å². The number of alkyl halides is 7. The average Bonchev–Trinajstić information content (AvgIpc) is 2.37. The van der Waals surface area contributed by atoms with Crippen LogP contribution in [0.2, 0.25) is 0 Å². The highest BCUT2D eigenvalue weighted by Crippen LogP contribution is 2.37. The lowest BCUT2D eigenvalue weighted by Gasteiger charge is -2.17. The summed E-state index contributed by atoms with van der Waals surface area (Å²) in [6.45, 7) is 1.43. The van der Waals surface area contributed by atoms with Gasteiger partial charge in [0.15, 0.2) is 5.75 Å². The first-order valence-corrected chi connectivity index (χ1v) is 7.17. The van der Waals surface area contributed by atoms with E-state index in [9.17, 15) is 31.1 Å². The van der Waals surface area contributed by atoms with Crippen molar-refractivity contribution in [3.05, 3.63) is 23.0 Å². The molecule has 4 nitrogen and oxygen atoms in total. The molecule has 0 aliphatic carbocycles. The van der Waals surface area contributed by atoms with Crippen molar-refractivity contribution in [3.63, 3.8) is 0 Å². The molecule has 0 atom stereocenters. The Morgan fingerprint density at radius 3 is 2.26 bits per heavy atom. The molecule has 11 heteroatoms. The zero-order valence-electron chi connectivity index (χ0n) is 11.5. The fourth-order valence-corrected chi connectivity index (χ4v) is 2.04. The molecule has 1 rings (SSSR count). The molecule has 0 amide bonds. The zero-order valence-corrected chi connectivity index (χ0v) is 13.1. The van der Waals surface area contributed by atoms with Crippen LogP contribution in [-0.4, -0.2) is 23.9 Å². The monoisotopic (exact) mass is 409 g/mol. The smallest absolute Gasteiger partial charge is 0.466 e. The molecule has 1 aromatic heterocycles. The number of pyridine rings is 1. The van der Waals surface area contributed by atoms with E-state index in [1.54, 1.807) is 0 Å². The lowest BCUT2D eigenvalue weighted by Crippen LogP contribution is -2.22. The van der Waals surface area contributed by atoms with Gasteiger partial charge in [-0.25, -0.2) is 0 Å². The van der Waals surface area contributed by atoms with Crippen molar-refractivity contribution in [2.24, 2.45) is 0 Å². The first kappa shape index (κ1) is 19.5. The van der Waals surface area contributed by atoms with Crippen LogP contribution < -0.4 is 4.74 Å². The molecular formula is C12H10BrF6NO3. The second kappa shape index (κ2) is 7.37. The molecule has 1 heterocycles. The number of carbonyl (C=O) groups excluding carboxylic acids is 1. The van der Waals surface area contributed by atoms with Crippen molar-refractivity contribution in [2.75, 3.05) is 6.61 Å². The number of nitrogens with zero attached hydrogens (tertiary/aromatic N) is 1. The molecule has 1 aromatic rings. The van der Waals surface area contributed by atoms with Crippen LogP contribution in [0.1, 0.15) is 23.9 Å². The third kappa shape index (κ3) is 5.88. The molecule has 0 N–H and O–H groups in total. The molecule has 0 fully saturated rings. The minimum Gasteiger partial charge on any atom is -0.466 e. The fourth-order valence-electron chi connectivity index (χ4n) is 1.61. The summed E-state index contributed by atoms with van der Waals surface area (Å²) in [6, 6.07) is 0.172. The molecule has 0 aliphatic heterocycles. The Morgan fingerprint density at radius 2 is 1.83 bits per heavy atom. The van der Waals surface area contributed by atoms with E-state index < -0.39 is 47.6 Å². The first-order valence-electron chi connectivity index (χ1n) is 6.05. The van der Waals surface area contributed by atoms with Gasteiger partial charge in [0.1, 0.15) is 0 Å². The molecule has 0 spiro atoms. The topological polar surface area (TPSA) is 48.4 Å². The van der Waals surface area contributed by atoms with E-state index in [-0.39, 0.29) is 18.0 Å². The predicted octanol–water partition coefficient (Wildman–Crippen LogP) is 4.00. The van der Waals surface area contributed by atoms with Crippen molar-refractivity contribution in [1.29, 1.82) is 0 Å². The normalized spacial score (nSPS) is 12.2. The Morgan fingerprint density at radius 1 is 1.22 bits per heavy atom. The minimum absolute atomic E-state index is 0.0414. The van der Waals surface area contributed by atoms with E-state index in [1.807, 2.05) is 0 Å². The van der Waals surface area contributed by atoms with Gasteiger partial charge < -0.3 is 9.47 Å². The van der Waals surface area contributed by atoms with Gasteiger partial charge in [0.2, 0.25) is 0 Å². The maximum atomic E-state index is 12.9. The number of ether oxygens (including phenoxy) is 2. The van der Waals surface area contributed by atoms with Crippen molar-refractivity contribution in [3.8, 4) is 5.75 Å². The number of carbonyl (C=O) groups is 1. The molecule has 0 bridgehead atoms. The molecular weight excluding hydrogens is 400 g/mol. The lowest BCUT2D eigenvalue weighted by molar-refractivity contribution is -0.275. The molecule has 130 valence electrons. The molecule has 0 saturated carbocycles. The van der Waals surface area contributed by atoms with E-state index in [2.05, 4.69) is 30.4 Å². The standard InChI is InChI=1S/C12H10BrF6NO3/c1-2-22-10(21)4-7-9(23-12(17,18)19)3-6(11(14,15)16)8(5-13)20-7/h3H,2,4-5H2,1H3. The Bertz CT molecular complexity index is 573. The summed E-state index contributed by atoms with van der Waals surface area (Å²) in [5.74, 6) is -2.13. The quantitative estimate of drug-likeness (QED) is 0.419. The number of rotatable bonds is 5. The lowest BCUT2D eigenvalue weighted by atomic mass is 10.1. The summed E-state index contributed by atoms with van der Waals surface area (Å²) in [4.78, 5) is 14.9. The Kier molecular flexibility index (Phi) is 6.25. The van der Waals surface area contributed by atoms with Crippen LogP contribution >= 0.6 is 15.9 Å². The second-order valence-electron chi connectivity index (χ2n) is 4.09. The van der Waals surface area contributed by atoms with Crippen LogP contribution in [-0.2, 0) is 27.5 Å². The van der Waals surface area contributed by atoms with Gasteiger partial charge in [-0.2, -0.15) is 13.2 Å². The van der Waals surface area contributed by atoms with Crippen molar-refractivity contribution < 1.29 is 40.6 Å². The summed E-state index contributed by atoms with van der Waals surface area (Å²) in [7, 11) is 0. The van der Waals surface area contributed by atoms with Gasteiger partial charge in [-0.15, -0.1) is 13.2 Å². The van der Waals surface area contributed by atoms with E-state index in [4.69, 9.17) is 0 Å². The van der Waals surface area contributed by atoms with Crippen molar-refractivity contribution in [2.45, 2.75) is 31.2 Å². The summed E-state index contributed by atoms with van der Waals surface area (Å²) in [5.41, 5.74) is -2.55. The summed E-state index contributed by atoms with van der Waals surface area (Å²) in [5, 5.41) is -0.371. The van der Waals surface area contributed by atoms with Crippen molar-refractivity contribution >= 4 is 21.9 Å². The Hall–Kier alpha value is -1.52. The fraction of sp³-hybridized carbons (Fsp3) is 0.500. The van der Waals surface area contributed by atoms with Crippen molar-refractivity contribution in [1.82, 2.24) is 4.98 Å². The van der Waals surface area contributed by atoms with E-state index >= 15 is 0 Å². The van der Waals surface area contributed by atoms with Crippen LogP contribution in [0.3, 0.4) is 0 Å². The molecule has 0 radical (unpaired) electrons. The van der Waals surface area contributed by atoms with Gasteiger partial charge in [0.05, 0.1) is 30.0 Å². The highest BCUT2D eigenvalue weighted by Gasteiger charge is 2.38. The number of hydrogen-bond donors (Lipinski definition) is 0. The third-order valence-electron chi connectivity index (χ3n) is 2.42. The minimum atomic E-state index is -5.23. The van der Waals surface area contributed by atoms with Gasteiger partial charge in [0, 0.05) is 5.33 Å². The summed E-state index contributed by atoms with van der Waals surface area (Å²) < 4.78 is 83.8. The molecule has 0 saturated heterocycles. The Balaban J connectivity index is 3.38. The van der Waals surface area contributed by atoms with Crippen LogP contribution in [0.5, 0.6) is 5.75 Å². The summed E-state index contributed by atoms with van der Waals surface area (Å²) >= 11 is 2.78. The highest BCUT2D eigenvalue weighted by molar-refractivity contribution is 9.08. The van der Waals surface area contributed by atoms with Gasteiger partial charge in [-0.05, 0) is 13.0 Å². The average molecular weight is 410 g/mol. The maximum Gasteiger partial charge on any atom is 0.573 e. The largest absolute Gasteiger partial charge is 0.573 e. The molecule has 0 aromatic carbocycles. The first-order chi connectivity index (χ1) is 10.5. The molecule has 23 heavy (non-hydrogen) atoms. The second-order valence-corrected chi connectivity index (χ2v) is 4.65. The number of esters is 1. The third-order valence-corrected chi connectivity index (χ3v) is 2.95. The van der Waals surface area contributed by atoms with E-state index in [0.29, 0.717) is 0 Å². The summed E-state index contributed by atoms with van der Waals surface area (Å²) in [6.07, 6.45) is -10.9. The van der Waals surface area contributed by atoms with Crippen LogP contribution in [0, 0.1) is 0 Å². The van der Waals surface area contributed by atoms with Gasteiger partial charge in [-0.3, -0.25) is 9.78 Å². The number of aromatic nitrogens is 1. The number of hydrogen-bond acceptors (Lipinski definition) is 4. The van der Waals surface area contributed by atoms with E-state index in [0.717, 1.165) is 0 Å². The van der Waals surface area contributed by atoms with Crippen LogP contribution in [0.25, 0.3) is 0 Å².